The molecule has 2 aromatic carbocycles. The summed E-state index contributed by atoms with van der Waals surface area (Å²) in [7, 11) is 1.34. The van der Waals surface area contributed by atoms with Gasteiger partial charge in [0.25, 0.3) is 0 Å². The molecule has 0 aliphatic rings. The van der Waals surface area contributed by atoms with Crippen LogP contribution in [0.5, 0.6) is 0 Å². The minimum atomic E-state index is -0.377. The van der Waals surface area contributed by atoms with Gasteiger partial charge in [0.1, 0.15) is 0 Å². The molecule has 3 heteroatoms. The number of allylic oxidation sites excluding steroid dienone is 2. The Kier molecular flexibility index (Phi) is 6.47. The van der Waals surface area contributed by atoms with E-state index in [9.17, 15) is 9.59 Å². The number of methoxy groups -OCH3 is 1. The molecule has 3 nitrogen and oxygen atoms in total. The normalized spacial score (nSPS) is 11.4. The number of hydrogen-bond acceptors (Lipinski definition) is 3. The van der Waals surface area contributed by atoms with Crippen molar-refractivity contribution in [3.8, 4) is 0 Å². The van der Waals surface area contributed by atoms with Gasteiger partial charge in [0.2, 0.25) is 0 Å². The minimum Gasteiger partial charge on any atom is -0.465 e. The van der Waals surface area contributed by atoms with Crippen LogP contribution in [0, 0.1) is 0 Å². The Labute approximate surface area is 148 Å². The molecule has 0 heterocycles. The van der Waals surface area contributed by atoms with Crippen LogP contribution < -0.4 is 0 Å². The molecule has 0 aliphatic carbocycles. The molecule has 25 heavy (non-hydrogen) atoms. The average Bonchev–Trinajstić information content (AvgIpc) is 2.64. The summed E-state index contributed by atoms with van der Waals surface area (Å²) in [5, 5.41) is 0. The van der Waals surface area contributed by atoms with Gasteiger partial charge in [-0.3, -0.25) is 4.79 Å². The molecule has 0 radical (unpaired) electrons. The molecule has 0 aliphatic heterocycles. The second-order valence-corrected chi connectivity index (χ2v) is 6.00. The summed E-state index contributed by atoms with van der Waals surface area (Å²) in [4.78, 5) is 23.3. The standard InChI is InChI=1S/C22H22O3/c1-16(2)19-10-4-17(5-11-19)8-14-21(23)15-9-18-6-12-20(13-7-18)22(24)25-3/h4-16H,1-3H3. The zero-order valence-corrected chi connectivity index (χ0v) is 14.7. The van der Waals surface area contributed by atoms with Crippen LogP contribution in [0.4, 0.5) is 0 Å². The van der Waals surface area contributed by atoms with Crippen LogP contribution in [-0.2, 0) is 9.53 Å². The van der Waals surface area contributed by atoms with Crippen LogP contribution in [0.2, 0.25) is 0 Å². The van der Waals surface area contributed by atoms with Crippen LogP contribution >= 0.6 is 0 Å². The number of carbonyl (C=O) groups excluding carboxylic acids is 2. The van der Waals surface area contributed by atoms with Gasteiger partial charge in [-0.1, -0.05) is 62.4 Å². The summed E-state index contributed by atoms with van der Waals surface area (Å²) in [6.45, 7) is 4.30. The predicted octanol–water partition coefficient (Wildman–Crippen LogP) is 4.89. The van der Waals surface area contributed by atoms with Crippen LogP contribution in [0.3, 0.4) is 0 Å². The van der Waals surface area contributed by atoms with Crippen molar-refractivity contribution >= 4 is 23.9 Å². The number of rotatable bonds is 6. The van der Waals surface area contributed by atoms with E-state index in [1.165, 1.54) is 18.7 Å². The molecule has 0 saturated carbocycles. The molecule has 0 N–H and O–H groups in total. The van der Waals surface area contributed by atoms with Crippen molar-refractivity contribution in [2.45, 2.75) is 19.8 Å². The number of hydrogen-bond donors (Lipinski definition) is 0. The van der Waals surface area contributed by atoms with Crippen LogP contribution in [-0.4, -0.2) is 18.9 Å². The molecule has 0 aromatic heterocycles. The van der Waals surface area contributed by atoms with Crippen molar-refractivity contribution < 1.29 is 14.3 Å². The van der Waals surface area contributed by atoms with Gasteiger partial charge in [0, 0.05) is 0 Å². The number of benzene rings is 2. The Bertz CT molecular complexity index is 779. The Morgan fingerprint density at radius 3 is 1.76 bits per heavy atom. The predicted molar refractivity (Wildman–Crippen MR) is 101 cm³/mol. The highest BCUT2D eigenvalue weighted by Gasteiger charge is 2.03. The Morgan fingerprint density at radius 2 is 1.32 bits per heavy atom. The van der Waals surface area contributed by atoms with Crippen LogP contribution in [0.1, 0.15) is 46.8 Å². The van der Waals surface area contributed by atoms with E-state index < -0.39 is 0 Å². The van der Waals surface area contributed by atoms with Gasteiger partial charge in [-0.25, -0.2) is 4.79 Å². The van der Waals surface area contributed by atoms with Crippen molar-refractivity contribution in [1.29, 1.82) is 0 Å². The fourth-order valence-electron chi connectivity index (χ4n) is 2.25. The first kappa shape index (κ1) is 18.4. The van der Waals surface area contributed by atoms with Crippen molar-refractivity contribution in [3.63, 3.8) is 0 Å². The van der Waals surface area contributed by atoms with E-state index in [-0.39, 0.29) is 11.8 Å². The number of ketones is 1. The minimum absolute atomic E-state index is 0.0926. The summed E-state index contributed by atoms with van der Waals surface area (Å²) in [6, 6.07) is 15.0. The van der Waals surface area contributed by atoms with E-state index in [4.69, 9.17) is 0 Å². The van der Waals surface area contributed by atoms with Gasteiger partial charge in [-0.2, -0.15) is 0 Å². The van der Waals surface area contributed by atoms with Gasteiger partial charge in [-0.15, -0.1) is 0 Å². The third kappa shape index (κ3) is 5.57. The van der Waals surface area contributed by atoms with E-state index in [0.717, 1.165) is 11.1 Å². The second kappa shape index (κ2) is 8.78. The fraction of sp³-hybridized carbons (Fsp3) is 0.182. The van der Waals surface area contributed by atoms with Gasteiger partial charge in [-0.05, 0) is 46.9 Å². The van der Waals surface area contributed by atoms with Crippen molar-refractivity contribution in [3.05, 3.63) is 82.9 Å². The monoisotopic (exact) mass is 334 g/mol. The molecule has 128 valence electrons. The van der Waals surface area contributed by atoms with Gasteiger partial charge in [0.05, 0.1) is 12.7 Å². The smallest absolute Gasteiger partial charge is 0.337 e. The Morgan fingerprint density at radius 1 is 0.840 bits per heavy atom. The molecule has 0 unspecified atom stereocenters. The largest absolute Gasteiger partial charge is 0.465 e. The third-order valence-corrected chi connectivity index (χ3v) is 3.82. The fourth-order valence-corrected chi connectivity index (χ4v) is 2.25. The van der Waals surface area contributed by atoms with Crippen LogP contribution in [0.25, 0.3) is 12.2 Å². The zero-order chi connectivity index (χ0) is 18.2. The van der Waals surface area contributed by atoms with Crippen molar-refractivity contribution in [2.75, 3.05) is 7.11 Å². The lowest BCUT2D eigenvalue weighted by atomic mass is 10.0. The molecule has 2 rings (SSSR count). The van der Waals surface area contributed by atoms with E-state index in [1.54, 1.807) is 42.5 Å². The summed E-state index contributed by atoms with van der Waals surface area (Å²) in [5.41, 5.74) is 3.60. The highest BCUT2D eigenvalue weighted by atomic mass is 16.5. The molecule has 2 aromatic rings. The van der Waals surface area contributed by atoms with E-state index in [1.807, 2.05) is 12.1 Å². The molecule has 0 saturated heterocycles. The first-order chi connectivity index (χ1) is 12.0. The van der Waals surface area contributed by atoms with Crippen LogP contribution in [0.15, 0.2) is 60.7 Å². The Hall–Kier alpha value is -2.94. The maximum absolute atomic E-state index is 11.9. The third-order valence-electron chi connectivity index (χ3n) is 3.82. The lowest BCUT2D eigenvalue weighted by Crippen LogP contribution is -2.00. The molecule has 0 spiro atoms. The lowest BCUT2D eigenvalue weighted by Gasteiger charge is -2.04. The number of carbonyl (C=O) groups is 2. The molecule has 0 atom stereocenters. The van der Waals surface area contributed by atoms with Gasteiger partial charge >= 0.3 is 5.97 Å². The number of ether oxygens (including phenoxy) is 1. The molecule has 0 amide bonds. The number of esters is 1. The van der Waals surface area contributed by atoms with Crippen molar-refractivity contribution in [2.24, 2.45) is 0 Å². The van der Waals surface area contributed by atoms with E-state index in [2.05, 4.69) is 30.7 Å². The summed E-state index contributed by atoms with van der Waals surface area (Å²) < 4.78 is 4.65. The average molecular weight is 334 g/mol. The molecule has 0 bridgehead atoms. The summed E-state index contributed by atoms with van der Waals surface area (Å²) >= 11 is 0. The maximum Gasteiger partial charge on any atom is 0.337 e. The molecule has 0 fully saturated rings. The highest BCUT2D eigenvalue weighted by molar-refractivity contribution is 6.04. The SMILES string of the molecule is COC(=O)c1ccc(C=CC(=O)C=Cc2ccc(C(C)C)cc2)cc1. The molecular formula is C22H22O3. The highest BCUT2D eigenvalue weighted by Crippen LogP contribution is 2.15. The Balaban J connectivity index is 1.96. The summed E-state index contributed by atoms with van der Waals surface area (Å²) in [6.07, 6.45) is 6.57. The van der Waals surface area contributed by atoms with Gasteiger partial charge in [0.15, 0.2) is 5.78 Å². The first-order valence-electron chi connectivity index (χ1n) is 8.18. The van der Waals surface area contributed by atoms with E-state index in [0.29, 0.717) is 11.5 Å². The van der Waals surface area contributed by atoms with Gasteiger partial charge < -0.3 is 4.74 Å². The molecular weight excluding hydrogens is 312 g/mol. The maximum atomic E-state index is 11.9. The first-order valence-corrected chi connectivity index (χ1v) is 8.18. The second-order valence-electron chi connectivity index (χ2n) is 6.00. The topological polar surface area (TPSA) is 43.4 Å². The van der Waals surface area contributed by atoms with Crippen molar-refractivity contribution in [1.82, 2.24) is 0 Å². The summed E-state index contributed by atoms with van der Waals surface area (Å²) in [5.74, 6) is 0.0242. The van der Waals surface area contributed by atoms with E-state index >= 15 is 0 Å². The lowest BCUT2D eigenvalue weighted by molar-refractivity contribution is -0.110. The quantitative estimate of drug-likeness (QED) is 0.558. The zero-order valence-electron chi connectivity index (χ0n) is 14.7.